The molecule has 0 fully saturated rings. The highest BCUT2D eigenvalue weighted by Gasteiger charge is 2.13. The Morgan fingerprint density at radius 2 is 1.34 bits per heavy atom. The summed E-state index contributed by atoms with van der Waals surface area (Å²) in [5.41, 5.74) is 0.872. The molecule has 0 aliphatic rings. The molecule has 0 saturated heterocycles. The van der Waals surface area contributed by atoms with Gasteiger partial charge in [-0.2, -0.15) is 10.5 Å². The zero-order valence-electron chi connectivity index (χ0n) is 14.4. The third kappa shape index (κ3) is 6.03. The van der Waals surface area contributed by atoms with Crippen molar-refractivity contribution in [3.8, 4) is 12.1 Å². The first-order valence-electron chi connectivity index (χ1n) is 7.73. The molecule has 3 aromatic rings. The first-order valence-corrected chi connectivity index (χ1v) is 12.3. The number of rotatable bonds is 8. The number of thioether (sulfide) groups is 2. The van der Waals surface area contributed by atoms with Crippen molar-refractivity contribution in [1.82, 2.24) is 10.2 Å². The topological polar surface area (TPSA) is 132 Å². The van der Waals surface area contributed by atoms with Gasteiger partial charge < -0.3 is 10.6 Å². The van der Waals surface area contributed by atoms with E-state index in [2.05, 4.69) is 20.8 Å². The number of aromatic nitrogens is 2. The van der Waals surface area contributed by atoms with E-state index in [0.717, 1.165) is 0 Å². The molecule has 0 aliphatic heterocycles. The van der Waals surface area contributed by atoms with Gasteiger partial charge in [0.25, 0.3) is 0 Å². The van der Waals surface area contributed by atoms with Crippen LogP contribution in [0.2, 0.25) is 0 Å². The molecule has 2 N–H and O–H groups in total. The van der Waals surface area contributed by atoms with E-state index < -0.39 is 0 Å². The maximum absolute atomic E-state index is 12.0. The van der Waals surface area contributed by atoms with Crippen LogP contribution in [0.1, 0.15) is 11.1 Å². The Balaban J connectivity index is 1.43. The Morgan fingerprint density at radius 3 is 1.76 bits per heavy atom. The van der Waals surface area contributed by atoms with Gasteiger partial charge in [-0.3, -0.25) is 9.59 Å². The van der Waals surface area contributed by atoms with Crippen molar-refractivity contribution in [3.05, 3.63) is 34.0 Å². The van der Waals surface area contributed by atoms with Gasteiger partial charge in [0, 0.05) is 0 Å². The predicted molar refractivity (Wildman–Crippen MR) is 117 cm³/mol. The fourth-order valence-corrected chi connectivity index (χ4v) is 6.01. The second-order valence-corrected chi connectivity index (χ2v) is 10.3. The second kappa shape index (κ2) is 10.4. The lowest BCUT2D eigenvalue weighted by molar-refractivity contribution is -0.114. The molecule has 3 rings (SSSR count). The summed E-state index contributed by atoms with van der Waals surface area (Å²) < 4.78 is 1.22. The van der Waals surface area contributed by atoms with Crippen LogP contribution in [0, 0.1) is 22.7 Å². The number of carbonyl (C=O) groups is 2. The van der Waals surface area contributed by atoms with Gasteiger partial charge in [0.15, 0.2) is 8.68 Å². The van der Waals surface area contributed by atoms with Crippen molar-refractivity contribution >= 4 is 79.4 Å². The maximum atomic E-state index is 12.0. The summed E-state index contributed by atoms with van der Waals surface area (Å²) in [6.07, 6.45) is 0. The Hall–Kier alpha value is -2.42. The van der Waals surface area contributed by atoms with E-state index >= 15 is 0 Å². The van der Waals surface area contributed by atoms with Crippen LogP contribution in [-0.2, 0) is 9.59 Å². The second-order valence-electron chi connectivity index (χ2n) is 5.06. The third-order valence-corrected chi connectivity index (χ3v) is 7.97. The van der Waals surface area contributed by atoms with Crippen LogP contribution in [0.15, 0.2) is 31.6 Å². The smallest absolute Gasteiger partial charge is 0.235 e. The average molecular weight is 479 g/mol. The Kier molecular flexibility index (Phi) is 7.62. The van der Waals surface area contributed by atoms with Gasteiger partial charge in [-0.1, -0.05) is 34.9 Å². The van der Waals surface area contributed by atoms with Crippen molar-refractivity contribution in [2.45, 2.75) is 8.68 Å². The van der Waals surface area contributed by atoms with Gasteiger partial charge in [-0.05, 0) is 22.9 Å². The molecule has 13 heteroatoms. The predicted octanol–water partition coefficient (Wildman–Crippen LogP) is 3.87. The first-order chi connectivity index (χ1) is 14.1. The lowest BCUT2D eigenvalue weighted by Gasteiger charge is -2.01. The minimum Gasteiger partial charge on any atom is -0.316 e. The van der Waals surface area contributed by atoms with E-state index in [4.69, 9.17) is 10.5 Å². The highest BCUT2D eigenvalue weighted by Crippen LogP contribution is 2.30. The molecule has 0 bridgehead atoms. The fourth-order valence-electron chi connectivity index (χ4n) is 1.88. The van der Waals surface area contributed by atoms with Crippen molar-refractivity contribution in [1.29, 1.82) is 10.5 Å². The Bertz CT molecular complexity index is 1020. The van der Waals surface area contributed by atoms with Gasteiger partial charge in [0.2, 0.25) is 11.8 Å². The molecule has 0 atom stereocenters. The largest absolute Gasteiger partial charge is 0.316 e. The summed E-state index contributed by atoms with van der Waals surface area (Å²) in [7, 11) is 0. The third-order valence-electron chi connectivity index (χ3n) is 3.12. The van der Waals surface area contributed by atoms with E-state index in [9.17, 15) is 9.59 Å². The summed E-state index contributed by atoms with van der Waals surface area (Å²) in [6.45, 7) is 0. The minimum absolute atomic E-state index is 0.137. The van der Waals surface area contributed by atoms with Crippen molar-refractivity contribution in [2.24, 2.45) is 0 Å². The molecular formula is C16H10N6O2S5. The maximum Gasteiger partial charge on any atom is 0.235 e. The zero-order chi connectivity index (χ0) is 20.6. The highest BCUT2D eigenvalue weighted by molar-refractivity contribution is 8.03. The van der Waals surface area contributed by atoms with Gasteiger partial charge in [0.1, 0.15) is 22.1 Å². The molecular weight excluding hydrogens is 469 g/mol. The average Bonchev–Trinajstić information content (AvgIpc) is 3.45. The lowest BCUT2D eigenvalue weighted by Crippen LogP contribution is -2.13. The van der Waals surface area contributed by atoms with Crippen LogP contribution in [-0.4, -0.2) is 33.5 Å². The van der Waals surface area contributed by atoms with Crippen molar-refractivity contribution in [3.63, 3.8) is 0 Å². The number of anilines is 2. The van der Waals surface area contributed by atoms with Crippen LogP contribution < -0.4 is 10.6 Å². The first kappa shape index (κ1) is 21.3. The number of carbonyl (C=O) groups excluding carboxylic acids is 2. The summed E-state index contributed by atoms with van der Waals surface area (Å²) in [4.78, 5) is 24.0. The molecule has 0 unspecified atom stereocenters. The van der Waals surface area contributed by atoms with Crippen molar-refractivity contribution in [2.75, 3.05) is 22.1 Å². The van der Waals surface area contributed by atoms with Crippen LogP contribution in [0.25, 0.3) is 0 Å². The molecule has 0 saturated carbocycles. The number of hydrogen-bond acceptors (Lipinski definition) is 11. The number of amides is 2. The SMILES string of the molecule is N#Cc1ccsc1NC(=O)CSc1nnc(SCC(=O)Nc2sccc2C#N)s1. The number of thiophene rings is 2. The monoisotopic (exact) mass is 478 g/mol. The Morgan fingerprint density at radius 1 is 0.897 bits per heavy atom. The molecule has 3 aromatic heterocycles. The van der Waals surface area contributed by atoms with E-state index in [1.165, 1.54) is 57.5 Å². The summed E-state index contributed by atoms with van der Waals surface area (Å²) >= 11 is 6.35. The number of hydrogen-bond donors (Lipinski definition) is 2. The summed E-state index contributed by atoms with van der Waals surface area (Å²) in [5, 5.41) is 35.9. The Labute approximate surface area is 186 Å². The summed E-state index contributed by atoms with van der Waals surface area (Å²) in [5.74, 6) is -0.195. The van der Waals surface area contributed by atoms with Crippen LogP contribution in [0.4, 0.5) is 10.0 Å². The van der Waals surface area contributed by atoms with Crippen LogP contribution >= 0.6 is 57.5 Å². The number of nitrogens with zero attached hydrogens (tertiary/aromatic N) is 4. The van der Waals surface area contributed by atoms with Gasteiger partial charge in [-0.15, -0.1) is 32.9 Å². The molecule has 2 amide bonds. The molecule has 0 radical (unpaired) electrons. The molecule has 29 heavy (non-hydrogen) atoms. The van der Waals surface area contributed by atoms with E-state index in [-0.39, 0.29) is 23.3 Å². The zero-order valence-corrected chi connectivity index (χ0v) is 18.5. The van der Waals surface area contributed by atoms with Gasteiger partial charge >= 0.3 is 0 Å². The molecule has 0 aromatic carbocycles. The minimum atomic E-state index is -0.234. The van der Waals surface area contributed by atoms with E-state index in [1.54, 1.807) is 22.9 Å². The molecule has 3 heterocycles. The normalized spacial score (nSPS) is 10.1. The fraction of sp³-hybridized carbons (Fsp3) is 0.125. The molecule has 8 nitrogen and oxygen atoms in total. The van der Waals surface area contributed by atoms with Gasteiger partial charge in [-0.25, -0.2) is 0 Å². The van der Waals surface area contributed by atoms with Gasteiger partial charge in [0.05, 0.1) is 22.6 Å². The molecule has 0 spiro atoms. The van der Waals surface area contributed by atoms with E-state index in [0.29, 0.717) is 29.8 Å². The number of nitrogens with one attached hydrogen (secondary N) is 2. The standard InChI is InChI=1S/C16H10N6O2S5/c17-5-9-1-3-25-13(9)19-11(23)7-27-15-21-22-16(29-15)28-8-12(24)20-14-10(6-18)2-4-26-14/h1-4H,7-8H2,(H,19,23)(H,20,24). The quantitative estimate of drug-likeness (QED) is 0.466. The number of nitriles is 2. The highest BCUT2D eigenvalue weighted by atomic mass is 32.2. The van der Waals surface area contributed by atoms with Crippen LogP contribution in [0.5, 0.6) is 0 Å². The summed E-state index contributed by atoms with van der Waals surface area (Å²) in [6, 6.07) is 7.34. The molecule has 146 valence electrons. The van der Waals surface area contributed by atoms with E-state index in [1.807, 2.05) is 12.1 Å². The lowest BCUT2D eigenvalue weighted by atomic mass is 10.3. The molecule has 0 aliphatic carbocycles. The van der Waals surface area contributed by atoms with Crippen LogP contribution in [0.3, 0.4) is 0 Å². The van der Waals surface area contributed by atoms with Crippen molar-refractivity contribution < 1.29 is 9.59 Å².